The van der Waals surface area contributed by atoms with Crippen LogP contribution >= 0.6 is 11.6 Å². The Labute approximate surface area is 175 Å². The second kappa shape index (κ2) is 8.80. The van der Waals surface area contributed by atoms with Gasteiger partial charge in [-0.25, -0.2) is 23.4 Å². The number of halogens is 3. The van der Waals surface area contributed by atoms with Gasteiger partial charge in [0.25, 0.3) is 6.43 Å². The van der Waals surface area contributed by atoms with Crippen LogP contribution in [-0.2, 0) is 4.79 Å². The molecule has 2 aromatic heterocycles. The zero-order chi connectivity index (χ0) is 21.8. The second-order valence-corrected chi connectivity index (χ2v) is 6.68. The SMILES string of the molecule is Cc1cc(C#N)cc(C)c1N=C(NC=O)c1cc(C(F)F)nn1-c1ncccc1Cl. The molecule has 0 atom stereocenters. The van der Waals surface area contributed by atoms with E-state index in [9.17, 15) is 13.6 Å². The quantitative estimate of drug-likeness (QED) is 0.374. The molecule has 0 aliphatic carbocycles. The molecule has 30 heavy (non-hydrogen) atoms. The summed E-state index contributed by atoms with van der Waals surface area (Å²) < 4.78 is 27.9. The van der Waals surface area contributed by atoms with Crippen LogP contribution in [-0.4, -0.2) is 27.0 Å². The third kappa shape index (κ3) is 4.18. The van der Waals surface area contributed by atoms with Crippen molar-refractivity contribution in [3.05, 3.63) is 69.6 Å². The number of aromatic nitrogens is 3. The van der Waals surface area contributed by atoms with Crippen LogP contribution in [0.1, 0.15) is 34.5 Å². The van der Waals surface area contributed by atoms with E-state index in [2.05, 4.69) is 26.5 Å². The van der Waals surface area contributed by atoms with E-state index in [-0.39, 0.29) is 22.4 Å². The number of rotatable bonds is 5. The number of aryl methyl sites for hydroxylation is 2. The number of carbonyl (C=O) groups is 1. The van der Waals surface area contributed by atoms with Gasteiger partial charge < -0.3 is 5.32 Å². The van der Waals surface area contributed by atoms with Crippen molar-refractivity contribution in [1.29, 1.82) is 5.26 Å². The monoisotopic (exact) mass is 428 g/mol. The van der Waals surface area contributed by atoms with Gasteiger partial charge in [0, 0.05) is 6.20 Å². The van der Waals surface area contributed by atoms with Crippen molar-refractivity contribution >= 4 is 29.5 Å². The lowest BCUT2D eigenvalue weighted by Gasteiger charge is -2.12. The molecule has 0 saturated carbocycles. The maximum atomic E-state index is 13.4. The number of pyridine rings is 1. The molecular weight excluding hydrogens is 414 g/mol. The van der Waals surface area contributed by atoms with Crippen LogP contribution in [0.4, 0.5) is 14.5 Å². The molecule has 1 aromatic carbocycles. The summed E-state index contributed by atoms with van der Waals surface area (Å²) in [7, 11) is 0. The highest BCUT2D eigenvalue weighted by molar-refractivity contribution is 6.32. The summed E-state index contributed by atoms with van der Waals surface area (Å²) >= 11 is 6.17. The Morgan fingerprint density at radius 3 is 2.60 bits per heavy atom. The Bertz CT molecular complexity index is 1160. The van der Waals surface area contributed by atoms with E-state index < -0.39 is 12.1 Å². The Kier molecular flexibility index (Phi) is 6.18. The molecule has 3 rings (SSSR count). The van der Waals surface area contributed by atoms with Crippen molar-refractivity contribution in [2.24, 2.45) is 4.99 Å². The maximum absolute atomic E-state index is 13.4. The average Bonchev–Trinajstić information content (AvgIpc) is 3.15. The molecule has 0 radical (unpaired) electrons. The minimum absolute atomic E-state index is 0.0259. The summed E-state index contributed by atoms with van der Waals surface area (Å²) in [6.07, 6.45) is -1.04. The van der Waals surface area contributed by atoms with Gasteiger partial charge in [0.1, 0.15) is 11.4 Å². The fourth-order valence-corrected chi connectivity index (χ4v) is 3.10. The maximum Gasteiger partial charge on any atom is 0.282 e. The minimum Gasteiger partial charge on any atom is -0.312 e. The summed E-state index contributed by atoms with van der Waals surface area (Å²) in [6, 6.07) is 9.58. The van der Waals surface area contributed by atoms with Crippen molar-refractivity contribution < 1.29 is 13.6 Å². The largest absolute Gasteiger partial charge is 0.312 e. The van der Waals surface area contributed by atoms with Crippen molar-refractivity contribution in [2.75, 3.05) is 0 Å². The predicted molar refractivity (Wildman–Crippen MR) is 107 cm³/mol. The molecule has 7 nitrogen and oxygen atoms in total. The number of aliphatic imine (C=N–C) groups is 1. The molecule has 0 aliphatic rings. The van der Waals surface area contributed by atoms with E-state index >= 15 is 0 Å². The number of benzene rings is 1. The molecule has 0 bridgehead atoms. The molecule has 2 heterocycles. The molecule has 0 fully saturated rings. The normalized spacial score (nSPS) is 11.4. The molecule has 0 saturated heterocycles. The van der Waals surface area contributed by atoms with Gasteiger partial charge in [-0.3, -0.25) is 4.79 Å². The number of nitrogens with zero attached hydrogens (tertiary/aromatic N) is 5. The van der Waals surface area contributed by atoms with Crippen LogP contribution in [0.3, 0.4) is 0 Å². The van der Waals surface area contributed by atoms with Gasteiger partial charge in [-0.15, -0.1) is 0 Å². The topological polar surface area (TPSA) is 96.0 Å². The number of nitrogens with one attached hydrogen (secondary N) is 1. The van der Waals surface area contributed by atoms with Crippen LogP contribution < -0.4 is 5.32 Å². The van der Waals surface area contributed by atoms with Crippen molar-refractivity contribution in [3.63, 3.8) is 0 Å². The summed E-state index contributed by atoms with van der Waals surface area (Å²) in [5.74, 6) is 0.0803. The van der Waals surface area contributed by atoms with Crippen molar-refractivity contribution in [3.8, 4) is 11.9 Å². The number of nitriles is 1. The molecule has 0 aliphatic heterocycles. The van der Waals surface area contributed by atoms with E-state index in [1.807, 2.05) is 0 Å². The average molecular weight is 429 g/mol. The fraction of sp³-hybridized carbons (Fsp3) is 0.150. The highest BCUT2D eigenvalue weighted by atomic mass is 35.5. The number of hydrogen-bond donors (Lipinski definition) is 1. The Balaban J connectivity index is 2.25. The van der Waals surface area contributed by atoms with Gasteiger partial charge in [0.2, 0.25) is 6.41 Å². The van der Waals surface area contributed by atoms with Crippen molar-refractivity contribution in [2.45, 2.75) is 20.3 Å². The van der Waals surface area contributed by atoms with E-state index in [1.165, 1.54) is 12.3 Å². The van der Waals surface area contributed by atoms with E-state index in [0.29, 0.717) is 28.8 Å². The summed E-state index contributed by atoms with van der Waals surface area (Å²) in [4.78, 5) is 19.8. The summed E-state index contributed by atoms with van der Waals surface area (Å²) in [5, 5.41) is 15.6. The lowest BCUT2D eigenvalue weighted by Crippen LogP contribution is -2.26. The first-order chi connectivity index (χ1) is 14.3. The van der Waals surface area contributed by atoms with Gasteiger partial charge in [0.15, 0.2) is 11.7 Å². The second-order valence-electron chi connectivity index (χ2n) is 6.27. The lowest BCUT2D eigenvalue weighted by atomic mass is 10.1. The number of carbonyl (C=O) groups excluding carboxylic acids is 1. The van der Waals surface area contributed by atoms with E-state index in [0.717, 1.165) is 10.7 Å². The van der Waals surface area contributed by atoms with E-state index in [1.54, 1.807) is 32.0 Å². The van der Waals surface area contributed by atoms with Gasteiger partial charge in [-0.2, -0.15) is 10.4 Å². The fourth-order valence-electron chi connectivity index (χ4n) is 2.90. The van der Waals surface area contributed by atoms with Gasteiger partial charge in [-0.1, -0.05) is 11.6 Å². The lowest BCUT2D eigenvalue weighted by molar-refractivity contribution is -0.108. The Hall–Kier alpha value is -3.64. The number of hydrogen-bond acceptors (Lipinski definition) is 5. The Morgan fingerprint density at radius 2 is 2.03 bits per heavy atom. The summed E-state index contributed by atoms with van der Waals surface area (Å²) in [6.45, 7) is 3.51. The number of amides is 1. The highest BCUT2D eigenvalue weighted by Crippen LogP contribution is 2.28. The standard InChI is InChI=1S/C20H15ClF2N6O/c1-11-6-13(9-24)7-12(2)17(11)27-19(26-10-30)16-8-15(18(22)23)28-29(16)20-14(21)4-3-5-25-20/h3-8,10,18H,1-2H3,(H,26,27,30). The first-order valence-electron chi connectivity index (χ1n) is 8.65. The van der Waals surface area contributed by atoms with Crippen LogP contribution in [0, 0.1) is 25.2 Å². The Morgan fingerprint density at radius 1 is 1.33 bits per heavy atom. The minimum atomic E-state index is -2.86. The van der Waals surface area contributed by atoms with Crippen molar-refractivity contribution in [1.82, 2.24) is 20.1 Å². The molecular formula is C20H15ClF2N6O. The first kappa shape index (κ1) is 21.1. The van der Waals surface area contributed by atoms with Gasteiger partial charge in [0.05, 0.1) is 22.3 Å². The van der Waals surface area contributed by atoms with Gasteiger partial charge in [-0.05, 0) is 55.3 Å². The molecule has 1 amide bonds. The summed E-state index contributed by atoms with van der Waals surface area (Å²) in [5.41, 5.74) is 1.83. The smallest absolute Gasteiger partial charge is 0.282 e. The molecule has 152 valence electrons. The van der Waals surface area contributed by atoms with E-state index in [4.69, 9.17) is 16.9 Å². The molecule has 0 unspecified atom stereocenters. The molecule has 10 heteroatoms. The zero-order valence-electron chi connectivity index (χ0n) is 15.9. The third-order valence-electron chi connectivity index (χ3n) is 4.17. The van der Waals surface area contributed by atoms with Crippen LogP contribution in [0.2, 0.25) is 5.02 Å². The molecule has 0 spiro atoms. The van der Waals surface area contributed by atoms with Crippen LogP contribution in [0.25, 0.3) is 5.82 Å². The third-order valence-corrected chi connectivity index (χ3v) is 4.47. The highest BCUT2D eigenvalue weighted by Gasteiger charge is 2.22. The molecule has 1 N–H and O–H groups in total. The number of amidine groups is 1. The van der Waals surface area contributed by atoms with Crippen LogP contribution in [0.5, 0.6) is 0 Å². The van der Waals surface area contributed by atoms with Gasteiger partial charge >= 0.3 is 0 Å². The van der Waals surface area contributed by atoms with Crippen LogP contribution in [0.15, 0.2) is 41.5 Å². The predicted octanol–water partition coefficient (Wildman–Crippen LogP) is 4.17. The number of alkyl halides is 2. The first-order valence-corrected chi connectivity index (χ1v) is 9.03. The molecule has 3 aromatic rings. The zero-order valence-corrected chi connectivity index (χ0v) is 16.7.